The number of halogens is 2. The molecule has 0 aliphatic heterocycles. The number of anilines is 1. The van der Waals surface area contributed by atoms with E-state index in [0.717, 1.165) is 27.1 Å². The summed E-state index contributed by atoms with van der Waals surface area (Å²) in [6.07, 6.45) is 1.55. The quantitative estimate of drug-likeness (QED) is 0.332. The summed E-state index contributed by atoms with van der Waals surface area (Å²) >= 11 is 9.44. The van der Waals surface area contributed by atoms with Crippen LogP contribution in [0.15, 0.2) is 58.1 Å². The highest BCUT2D eigenvalue weighted by atomic mass is 79.9. The lowest BCUT2D eigenvalue weighted by molar-refractivity contribution is 0.0697. The summed E-state index contributed by atoms with van der Waals surface area (Å²) in [6.45, 7) is 3.81. The minimum Gasteiger partial charge on any atom is -0.478 e. The molecule has 154 valence electrons. The first-order chi connectivity index (χ1) is 14.3. The molecule has 1 heterocycles. The molecule has 0 unspecified atom stereocenters. The third-order valence-electron chi connectivity index (χ3n) is 4.38. The number of urea groups is 1. The second-order valence-corrected chi connectivity index (χ2v) is 7.79. The summed E-state index contributed by atoms with van der Waals surface area (Å²) in [5.74, 6) is -1.08. The van der Waals surface area contributed by atoms with E-state index in [1.165, 1.54) is 6.07 Å². The van der Waals surface area contributed by atoms with Crippen LogP contribution in [0, 0.1) is 13.8 Å². The Kier molecular flexibility index (Phi) is 6.59. The Balaban J connectivity index is 1.73. The summed E-state index contributed by atoms with van der Waals surface area (Å²) < 4.78 is 2.85. The Labute approximate surface area is 186 Å². The predicted molar refractivity (Wildman–Crippen MR) is 121 cm³/mol. The van der Waals surface area contributed by atoms with E-state index in [9.17, 15) is 9.59 Å². The van der Waals surface area contributed by atoms with E-state index in [2.05, 4.69) is 31.8 Å². The number of carbonyl (C=O) groups is 2. The number of aromatic nitrogens is 1. The molecule has 7 nitrogen and oxygen atoms in total. The number of benzene rings is 2. The van der Waals surface area contributed by atoms with Gasteiger partial charge in [0.1, 0.15) is 0 Å². The number of hydrazone groups is 1. The van der Waals surface area contributed by atoms with E-state index in [-0.39, 0.29) is 10.6 Å². The van der Waals surface area contributed by atoms with E-state index in [1.807, 2.05) is 36.6 Å². The third-order valence-corrected chi connectivity index (χ3v) is 5.22. The first-order valence-corrected chi connectivity index (χ1v) is 10.0. The molecule has 0 saturated heterocycles. The molecule has 0 aliphatic rings. The van der Waals surface area contributed by atoms with Crippen LogP contribution in [0.1, 0.15) is 27.3 Å². The van der Waals surface area contributed by atoms with Gasteiger partial charge in [-0.3, -0.25) is 0 Å². The Morgan fingerprint density at radius 1 is 1.13 bits per heavy atom. The van der Waals surface area contributed by atoms with Crippen molar-refractivity contribution in [2.45, 2.75) is 13.8 Å². The molecular formula is C21H18BrClN4O3. The third kappa shape index (κ3) is 4.90. The lowest BCUT2D eigenvalue weighted by Crippen LogP contribution is -2.24. The average molecular weight is 490 g/mol. The number of hydrogen-bond acceptors (Lipinski definition) is 3. The van der Waals surface area contributed by atoms with Gasteiger partial charge in [0.2, 0.25) is 0 Å². The van der Waals surface area contributed by atoms with E-state index in [0.29, 0.717) is 5.69 Å². The predicted octanol–water partition coefficient (Wildman–Crippen LogP) is 5.36. The maximum absolute atomic E-state index is 12.0. The van der Waals surface area contributed by atoms with Crippen LogP contribution < -0.4 is 10.7 Å². The molecular weight excluding hydrogens is 472 g/mol. The first kappa shape index (κ1) is 21.6. The van der Waals surface area contributed by atoms with Crippen LogP contribution in [-0.2, 0) is 0 Å². The maximum Gasteiger partial charge on any atom is 0.339 e. The zero-order chi connectivity index (χ0) is 21.8. The van der Waals surface area contributed by atoms with Gasteiger partial charge in [-0.2, -0.15) is 5.10 Å². The smallest absolute Gasteiger partial charge is 0.339 e. The Morgan fingerprint density at radius 3 is 2.47 bits per heavy atom. The number of carbonyl (C=O) groups excluding carboxylic acids is 1. The van der Waals surface area contributed by atoms with Gasteiger partial charge in [0.25, 0.3) is 0 Å². The molecule has 3 rings (SSSR count). The minimum atomic E-state index is -1.08. The van der Waals surface area contributed by atoms with Crippen LogP contribution in [0.2, 0.25) is 5.02 Å². The highest BCUT2D eigenvalue weighted by Crippen LogP contribution is 2.25. The highest BCUT2D eigenvalue weighted by molar-refractivity contribution is 9.10. The fourth-order valence-corrected chi connectivity index (χ4v) is 3.50. The lowest BCUT2D eigenvalue weighted by atomic mass is 10.2. The van der Waals surface area contributed by atoms with Crippen molar-refractivity contribution in [2.24, 2.45) is 5.10 Å². The van der Waals surface area contributed by atoms with Gasteiger partial charge < -0.3 is 15.0 Å². The van der Waals surface area contributed by atoms with E-state index >= 15 is 0 Å². The second-order valence-electron chi connectivity index (χ2n) is 6.46. The minimum absolute atomic E-state index is 0.0469. The summed E-state index contributed by atoms with van der Waals surface area (Å²) in [6, 6.07) is 13.4. The topological polar surface area (TPSA) is 95.7 Å². The van der Waals surface area contributed by atoms with Crippen molar-refractivity contribution in [3.63, 3.8) is 0 Å². The number of nitrogens with one attached hydrogen (secondary N) is 2. The highest BCUT2D eigenvalue weighted by Gasteiger charge is 2.13. The normalized spacial score (nSPS) is 10.9. The fourth-order valence-electron chi connectivity index (χ4n) is 2.98. The van der Waals surface area contributed by atoms with Gasteiger partial charge in [-0.15, -0.1) is 0 Å². The van der Waals surface area contributed by atoms with Crippen LogP contribution >= 0.6 is 27.5 Å². The summed E-state index contributed by atoms with van der Waals surface area (Å²) in [4.78, 5) is 23.1. The lowest BCUT2D eigenvalue weighted by Gasteiger charge is -2.11. The van der Waals surface area contributed by atoms with Crippen LogP contribution in [0.3, 0.4) is 0 Å². The summed E-state index contributed by atoms with van der Waals surface area (Å²) in [5.41, 5.74) is 6.44. The first-order valence-electron chi connectivity index (χ1n) is 8.84. The zero-order valence-electron chi connectivity index (χ0n) is 16.1. The van der Waals surface area contributed by atoms with Crippen molar-refractivity contribution in [3.05, 3.63) is 80.5 Å². The van der Waals surface area contributed by atoms with Crippen molar-refractivity contribution in [1.29, 1.82) is 0 Å². The number of aryl methyl sites for hydroxylation is 1. The van der Waals surface area contributed by atoms with Crippen molar-refractivity contribution in [3.8, 4) is 5.69 Å². The SMILES string of the molecule is Cc1cc(/C=N/NC(=O)Nc2ccc(Br)cc2)c(C)n1-c1ccc(C(=O)O)c(Cl)c1. The molecule has 0 radical (unpaired) electrons. The van der Waals surface area contributed by atoms with E-state index in [4.69, 9.17) is 16.7 Å². The van der Waals surface area contributed by atoms with Crippen molar-refractivity contribution >= 4 is 51.4 Å². The molecule has 0 spiro atoms. The molecule has 0 atom stereocenters. The molecule has 2 aromatic carbocycles. The van der Waals surface area contributed by atoms with E-state index in [1.54, 1.807) is 30.5 Å². The Morgan fingerprint density at radius 2 is 1.83 bits per heavy atom. The van der Waals surface area contributed by atoms with Crippen LogP contribution in [0.5, 0.6) is 0 Å². The standard InChI is InChI=1S/C21H18BrClN4O3/c1-12-9-14(11-24-26-21(30)25-16-5-3-15(22)4-6-16)13(2)27(12)17-7-8-18(20(28)29)19(23)10-17/h3-11H,1-2H3,(H,28,29)(H2,25,26,30)/b24-11+. The molecule has 1 aromatic heterocycles. The maximum atomic E-state index is 12.0. The molecule has 30 heavy (non-hydrogen) atoms. The van der Waals surface area contributed by atoms with Crippen molar-refractivity contribution < 1.29 is 14.7 Å². The molecule has 3 aromatic rings. The van der Waals surface area contributed by atoms with Crippen LogP contribution in [-0.4, -0.2) is 27.9 Å². The zero-order valence-corrected chi connectivity index (χ0v) is 18.5. The molecule has 0 fully saturated rings. The Hall–Kier alpha value is -3.10. The number of aromatic carboxylic acids is 1. The fraction of sp³-hybridized carbons (Fsp3) is 0.0952. The van der Waals surface area contributed by atoms with Crippen molar-refractivity contribution in [2.75, 3.05) is 5.32 Å². The average Bonchev–Trinajstić information content (AvgIpc) is 2.96. The second kappa shape index (κ2) is 9.15. The van der Waals surface area contributed by atoms with Crippen LogP contribution in [0.4, 0.5) is 10.5 Å². The number of hydrogen-bond donors (Lipinski definition) is 3. The molecule has 2 amide bonds. The van der Waals surface area contributed by atoms with E-state index < -0.39 is 12.0 Å². The molecule has 3 N–H and O–H groups in total. The number of carboxylic acids is 1. The Bertz CT molecular complexity index is 1140. The van der Waals surface area contributed by atoms with Gasteiger partial charge in [-0.1, -0.05) is 27.5 Å². The molecule has 9 heteroatoms. The number of amides is 2. The summed E-state index contributed by atoms with van der Waals surface area (Å²) in [7, 11) is 0. The van der Waals surface area contributed by atoms with Gasteiger partial charge >= 0.3 is 12.0 Å². The van der Waals surface area contributed by atoms with Gasteiger partial charge in [0.15, 0.2) is 0 Å². The number of nitrogens with zero attached hydrogens (tertiary/aromatic N) is 2. The monoisotopic (exact) mass is 488 g/mol. The summed E-state index contributed by atoms with van der Waals surface area (Å²) in [5, 5.41) is 16.0. The molecule has 0 bridgehead atoms. The number of rotatable bonds is 5. The molecule has 0 saturated carbocycles. The van der Waals surface area contributed by atoms with Gasteiger partial charge in [-0.25, -0.2) is 15.0 Å². The van der Waals surface area contributed by atoms with Gasteiger partial charge in [-0.05, 0) is 62.4 Å². The molecule has 0 aliphatic carbocycles. The van der Waals surface area contributed by atoms with Gasteiger partial charge in [0.05, 0.1) is 16.8 Å². The van der Waals surface area contributed by atoms with Crippen molar-refractivity contribution in [1.82, 2.24) is 9.99 Å². The van der Waals surface area contributed by atoms with Crippen LogP contribution in [0.25, 0.3) is 5.69 Å². The largest absolute Gasteiger partial charge is 0.478 e. The number of carboxylic acid groups (broad SMARTS) is 1. The van der Waals surface area contributed by atoms with Gasteiger partial charge in [0, 0.05) is 32.8 Å².